The van der Waals surface area contributed by atoms with Crippen LogP contribution in [0.15, 0.2) is 28.0 Å². The van der Waals surface area contributed by atoms with E-state index in [-0.39, 0.29) is 11.5 Å². The van der Waals surface area contributed by atoms with Gasteiger partial charge >= 0.3 is 0 Å². The van der Waals surface area contributed by atoms with Gasteiger partial charge in [-0.3, -0.25) is 18.9 Å². The average molecular weight is 487 g/mol. The molecule has 8 heteroatoms. The van der Waals surface area contributed by atoms with E-state index in [4.69, 9.17) is 17.2 Å². The number of carbonyl (C=O) groups excluding carboxylic acids is 1. The lowest BCUT2D eigenvalue weighted by Gasteiger charge is -2.14. The minimum atomic E-state index is -0.188. The largest absolute Gasteiger partial charge is 0.369 e. The Kier molecular flexibility index (Phi) is 9.50. The zero-order valence-corrected chi connectivity index (χ0v) is 21.5. The molecule has 1 saturated heterocycles. The third-order valence-electron chi connectivity index (χ3n) is 5.79. The van der Waals surface area contributed by atoms with Crippen LogP contribution in [-0.4, -0.2) is 37.6 Å². The molecule has 1 aliphatic heterocycles. The van der Waals surface area contributed by atoms with E-state index in [0.29, 0.717) is 32.8 Å². The molecule has 3 heterocycles. The molecule has 33 heavy (non-hydrogen) atoms. The number of amides is 1. The minimum absolute atomic E-state index is 0.119. The number of pyridine rings is 1. The van der Waals surface area contributed by atoms with E-state index in [0.717, 1.165) is 44.2 Å². The molecule has 1 fully saturated rings. The van der Waals surface area contributed by atoms with Crippen LogP contribution in [0.3, 0.4) is 0 Å². The number of anilines is 1. The predicted octanol–water partition coefficient (Wildman–Crippen LogP) is 5.78. The zero-order valence-electron chi connectivity index (χ0n) is 19.9. The molecule has 1 N–H and O–H groups in total. The van der Waals surface area contributed by atoms with Crippen LogP contribution >= 0.6 is 24.0 Å². The summed E-state index contributed by atoms with van der Waals surface area (Å²) in [4.78, 5) is 33.4. The molecule has 0 bridgehead atoms. The summed E-state index contributed by atoms with van der Waals surface area (Å²) in [5.74, 6) is 0.404. The lowest BCUT2D eigenvalue weighted by molar-refractivity contribution is -0.122. The average Bonchev–Trinajstić information content (AvgIpc) is 3.06. The Morgan fingerprint density at radius 2 is 1.82 bits per heavy atom. The van der Waals surface area contributed by atoms with Crippen molar-refractivity contribution in [3.8, 4) is 0 Å². The van der Waals surface area contributed by atoms with E-state index in [2.05, 4.69) is 19.2 Å². The van der Waals surface area contributed by atoms with Gasteiger partial charge in [0.15, 0.2) is 0 Å². The predicted molar refractivity (Wildman–Crippen MR) is 143 cm³/mol. The number of hydrogen-bond donors (Lipinski definition) is 1. The molecule has 2 aromatic heterocycles. The van der Waals surface area contributed by atoms with Crippen molar-refractivity contribution in [3.63, 3.8) is 0 Å². The van der Waals surface area contributed by atoms with Gasteiger partial charge in [-0.15, -0.1) is 0 Å². The molecule has 178 valence electrons. The van der Waals surface area contributed by atoms with Gasteiger partial charge in [0.05, 0.1) is 10.5 Å². The first-order chi connectivity index (χ1) is 16.0. The lowest BCUT2D eigenvalue weighted by atomic mass is 10.1. The number of fused-ring (bicyclic) bond motifs is 1. The van der Waals surface area contributed by atoms with Gasteiger partial charge in [0.1, 0.15) is 15.8 Å². The van der Waals surface area contributed by atoms with Crippen LogP contribution in [0.4, 0.5) is 5.82 Å². The number of thiocarbonyl (C=S) groups is 1. The summed E-state index contributed by atoms with van der Waals surface area (Å²) in [6.07, 6.45) is 12.2. The Morgan fingerprint density at radius 1 is 1.09 bits per heavy atom. The Morgan fingerprint density at radius 3 is 2.58 bits per heavy atom. The molecule has 0 saturated carbocycles. The highest BCUT2D eigenvalue weighted by Gasteiger charge is 2.32. The second-order valence-electron chi connectivity index (χ2n) is 8.45. The Balaban J connectivity index is 1.90. The molecule has 0 unspecified atom stereocenters. The van der Waals surface area contributed by atoms with Gasteiger partial charge in [0.2, 0.25) is 0 Å². The van der Waals surface area contributed by atoms with Crippen LogP contribution < -0.4 is 10.9 Å². The van der Waals surface area contributed by atoms with E-state index in [9.17, 15) is 9.59 Å². The van der Waals surface area contributed by atoms with Crippen molar-refractivity contribution in [1.82, 2.24) is 14.3 Å². The van der Waals surface area contributed by atoms with Gasteiger partial charge in [-0.25, -0.2) is 4.98 Å². The molecule has 0 aliphatic carbocycles. The molecular weight excluding hydrogens is 452 g/mol. The number of nitrogens with one attached hydrogen (secondary N) is 1. The second kappa shape index (κ2) is 12.3. The van der Waals surface area contributed by atoms with Gasteiger partial charge in [0, 0.05) is 19.3 Å². The second-order valence-corrected chi connectivity index (χ2v) is 10.1. The number of carbonyl (C=O) groups is 1. The molecule has 0 spiro atoms. The molecule has 3 rings (SSSR count). The number of unbranched alkanes of at least 4 members (excludes halogenated alkanes) is 6. The maximum absolute atomic E-state index is 13.4. The van der Waals surface area contributed by atoms with Gasteiger partial charge in [-0.2, -0.15) is 0 Å². The molecule has 0 aromatic carbocycles. The van der Waals surface area contributed by atoms with Crippen molar-refractivity contribution >= 4 is 51.7 Å². The zero-order chi connectivity index (χ0) is 23.8. The van der Waals surface area contributed by atoms with Crippen molar-refractivity contribution in [2.24, 2.45) is 0 Å². The highest BCUT2D eigenvalue weighted by molar-refractivity contribution is 8.26. The van der Waals surface area contributed by atoms with Crippen molar-refractivity contribution in [2.45, 2.75) is 72.1 Å². The standard InChI is InChI=1S/C25H34N4O2S2/c1-4-6-8-9-11-15-29-24(31)20(33-25(29)32)17-19-21(26-14-10-7-5-2)27-22-18(3)13-12-16-28(22)23(19)30/h12-13,16-17,26H,4-11,14-15H2,1-3H3/b20-17-. The monoisotopic (exact) mass is 486 g/mol. The lowest BCUT2D eigenvalue weighted by Crippen LogP contribution is -2.29. The fraction of sp³-hybridized carbons (Fsp3) is 0.520. The highest BCUT2D eigenvalue weighted by atomic mass is 32.2. The first-order valence-electron chi connectivity index (χ1n) is 12.0. The molecule has 1 amide bonds. The number of nitrogens with zero attached hydrogens (tertiary/aromatic N) is 3. The summed E-state index contributed by atoms with van der Waals surface area (Å²) < 4.78 is 2.11. The molecule has 0 atom stereocenters. The maximum Gasteiger partial charge on any atom is 0.267 e. The first-order valence-corrected chi connectivity index (χ1v) is 13.2. The van der Waals surface area contributed by atoms with Gasteiger partial charge in [0.25, 0.3) is 11.5 Å². The number of thioether (sulfide) groups is 1. The van der Waals surface area contributed by atoms with Crippen molar-refractivity contribution in [2.75, 3.05) is 18.4 Å². The van der Waals surface area contributed by atoms with Crippen molar-refractivity contribution < 1.29 is 4.79 Å². The van der Waals surface area contributed by atoms with Gasteiger partial charge < -0.3 is 5.32 Å². The normalized spacial score (nSPS) is 15.2. The smallest absolute Gasteiger partial charge is 0.267 e. The fourth-order valence-corrected chi connectivity index (χ4v) is 5.15. The molecular formula is C25H34N4O2S2. The summed E-state index contributed by atoms with van der Waals surface area (Å²) in [6.45, 7) is 7.63. The molecule has 0 radical (unpaired) electrons. The third kappa shape index (κ3) is 6.23. The molecule has 1 aliphatic rings. The summed E-state index contributed by atoms with van der Waals surface area (Å²) in [5, 5.41) is 3.34. The van der Waals surface area contributed by atoms with Crippen molar-refractivity contribution in [1.29, 1.82) is 0 Å². The van der Waals surface area contributed by atoms with Crippen LogP contribution in [0.1, 0.15) is 76.3 Å². The van der Waals surface area contributed by atoms with E-state index in [1.54, 1.807) is 21.6 Å². The number of hydrogen-bond acceptors (Lipinski definition) is 6. The maximum atomic E-state index is 13.4. The number of aryl methyl sites for hydroxylation is 1. The van der Waals surface area contributed by atoms with Crippen LogP contribution in [0, 0.1) is 6.92 Å². The van der Waals surface area contributed by atoms with Gasteiger partial charge in [-0.05, 0) is 37.5 Å². The number of rotatable bonds is 12. The summed E-state index contributed by atoms with van der Waals surface area (Å²) in [5.41, 5.74) is 1.76. The first kappa shape index (κ1) is 25.4. The van der Waals surface area contributed by atoms with E-state index < -0.39 is 0 Å². The van der Waals surface area contributed by atoms with Crippen LogP contribution in [0.5, 0.6) is 0 Å². The van der Waals surface area contributed by atoms with Crippen LogP contribution in [0.2, 0.25) is 0 Å². The Labute approximate surface area is 205 Å². The Bertz CT molecular complexity index is 1090. The van der Waals surface area contributed by atoms with Crippen LogP contribution in [0.25, 0.3) is 11.7 Å². The highest BCUT2D eigenvalue weighted by Crippen LogP contribution is 2.33. The minimum Gasteiger partial charge on any atom is -0.369 e. The summed E-state index contributed by atoms with van der Waals surface area (Å²) >= 11 is 6.75. The molecule has 2 aromatic rings. The summed E-state index contributed by atoms with van der Waals surface area (Å²) in [7, 11) is 0. The quantitative estimate of drug-likeness (QED) is 0.233. The van der Waals surface area contributed by atoms with Crippen molar-refractivity contribution in [3.05, 3.63) is 44.7 Å². The SMILES string of the molecule is CCCCCCCN1C(=O)/C(=C/c2c(NCCCCC)nc3c(C)cccn3c2=O)SC1=S. The van der Waals surface area contributed by atoms with E-state index in [1.807, 2.05) is 19.1 Å². The van der Waals surface area contributed by atoms with E-state index >= 15 is 0 Å². The molecule has 6 nitrogen and oxygen atoms in total. The van der Waals surface area contributed by atoms with E-state index in [1.165, 1.54) is 31.0 Å². The van der Waals surface area contributed by atoms with Crippen LogP contribution in [-0.2, 0) is 4.79 Å². The number of aromatic nitrogens is 2. The topological polar surface area (TPSA) is 66.7 Å². The third-order valence-corrected chi connectivity index (χ3v) is 7.17. The summed E-state index contributed by atoms with van der Waals surface area (Å²) in [6, 6.07) is 3.77. The van der Waals surface area contributed by atoms with Gasteiger partial charge in [-0.1, -0.05) is 82.4 Å². The Hall–Kier alpha value is -2.19. The fourth-order valence-electron chi connectivity index (χ4n) is 3.86.